The van der Waals surface area contributed by atoms with Crippen LogP contribution in [0.5, 0.6) is 5.88 Å². The zero-order valence-electron chi connectivity index (χ0n) is 25.2. The molecule has 9 nitrogen and oxygen atoms in total. The molecule has 2 saturated carbocycles. The highest BCUT2D eigenvalue weighted by atomic mass is 32.1. The molecule has 0 unspecified atom stereocenters. The van der Waals surface area contributed by atoms with E-state index < -0.39 is 12.1 Å². The quantitative estimate of drug-likeness (QED) is 0.284. The van der Waals surface area contributed by atoms with Crippen LogP contribution in [0.3, 0.4) is 0 Å². The fourth-order valence-electron chi connectivity index (χ4n) is 5.69. The van der Waals surface area contributed by atoms with Gasteiger partial charge >= 0.3 is 12.1 Å². The number of aromatic nitrogens is 1. The SMILES string of the molecule is CC1CCC(C(=O)N(c2cc(C#CC(C)(C)C)sc2C(=O)O)C2CCC(N(C)NC(=O)Oc3ccccn3)CC2)CC1. The predicted molar refractivity (Wildman–Crippen MR) is 163 cm³/mol. The van der Waals surface area contributed by atoms with Gasteiger partial charge in [-0.05, 0) is 90.2 Å². The van der Waals surface area contributed by atoms with Gasteiger partial charge in [0, 0.05) is 42.7 Å². The van der Waals surface area contributed by atoms with Crippen molar-refractivity contribution in [2.45, 2.75) is 91.1 Å². The highest BCUT2D eigenvalue weighted by molar-refractivity contribution is 7.15. The van der Waals surface area contributed by atoms with Crippen molar-refractivity contribution < 1.29 is 24.2 Å². The number of hydrogen-bond donors (Lipinski definition) is 2. The third-order valence-corrected chi connectivity index (χ3v) is 9.04. The van der Waals surface area contributed by atoms with Crippen LogP contribution in [0.1, 0.15) is 93.6 Å². The summed E-state index contributed by atoms with van der Waals surface area (Å²) in [6, 6.07) is 6.79. The number of carboxylic acids is 1. The summed E-state index contributed by atoms with van der Waals surface area (Å²) in [6.07, 6.45) is 7.38. The summed E-state index contributed by atoms with van der Waals surface area (Å²) < 4.78 is 5.26. The second-order valence-corrected chi connectivity index (χ2v) is 13.6. The average Bonchev–Trinajstić information content (AvgIpc) is 3.37. The number of amides is 2. The Labute approximate surface area is 252 Å². The van der Waals surface area contributed by atoms with Gasteiger partial charge in [0.15, 0.2) is 0 Å². The van der Waals surface area contributed by atoms with E-state index in [2.05, 4.69) is 29.2 Å². The largest absolute Gasteiger partial charge is 0.477 e. The van der Waals surface area contributed by atoms with E-state index in [4.69, 9.17) is 4.74 Å². The molecule has 226 valence electrons. The Hall–Kier alpha value is -3.42. The van der Waals surface area contributed by atoms with Crippen molar-refractivity contribution >= 4 is 35.0 Å². The Kier molecular flexibility index (Phi) is 10.3. The lowest BCUT2D eigenvalue weighted by molar-refractivity contribution is -0.124. The molecule has 2 aliphatic carbocycles. The summed E-state index contributed by atoms with van der Waals surface area (Å²) in [7, 11) is 1.80. The van der Waals surface area contributed by atoms with E-state index in [1.165, 1.54) is 0 Å². The number of nitrogens with one attached hydrogen (secondary N) is 1. The van der Waals surface area contributed by atoms with Crippen molar-refractivity contribution in [1.82, 2.24) is 15.4 Å². The maximum absolute atomic E-state index is 14.2. The molecule has 2 heterocycles. The maximum atomic E-state index is 14.2. The lowest BCUT2D eigenvalue weighted by Gasteiger charge is -2.41. The summed E-state index contributed by atoms with van der Waals surface area (Å²) in [5, 5.41) is 11.9. The number of hydrogen-bond acceptors (Lipinski definition) is 7. The lowest BCUT2D eigenvalue weighted by Crippen LogP contribution is -2.52. The molecular weight excluding hydrogens is 552 g/mol. The van der Waals surface area contributed by atoms with Crippen molar-refractivity contribution in [2.24, 2.45) is 17.3 Å². The van der Waals surface area contributed by atoms with Crippen LogP contribution in [-0.4, -0.2) is 52.2 Å². The average molecular weight is 595 g/mol. The van der Waals surface area contributed by atoms with Crippen LogP contribution in [0, 0.1) is 29.1 Å². The van der Waals surface area contributed by atoms with Crippen LogP contribution in [0.4, 0.5) is 10.5 Å². The number of anilines is 1. The van der Waals surface area contributed by atoms with Gasteiger partial charge in [-0.15, -0.1) is 11.3 Å². The molecule has 2 aliphatic rings. The summed E-state index contributed by atoms with van der Waals surface area (Å²) in [6.45, 7) is 8.25. The molecule has 0 atom stereocenters. The molecule has 42 heavy (non-hydrogen) atoms. The van der Waals surface area contributed by atoms with Gasteiger partial charge < -0.3 is 14.7 Å². The first kappa shape index (κ1) is 31.5. The van der Waals surface area contributed by atoms with Gasteiger partial charge in [0.05, 0.1) is 10.6 Å². The number of hydrazine groups is 1. The fraction of sp³-hybridized carbons (Fsp3) is 0.562. The van der Waals surface area contributed by atoms with Crippen molar-refractivity contribution in [1.29, 1.82) is 0 Å². The zero-order chi connectivity index (χ0) is 30.4. The van der Waals surface area contributed by atoms with Gasteiger partial charge in [-0.1, -0.05) is 24.8 Å². The summed E-state index contributed by atoms with van der Waals surface area (Å²) in [4.78, 5) is 45.6. The minimum absolute atomic E-state index is 0.0198. The van der Waals surface area contributed by atoms with E-state index in [9.17, 15) is 19.5 Å². The number of nitrogens with zero attached hydrogens (tertiary/aromatic N) is 3. The van der Waals surface area contributed by atoms with Crippen molar-refractivity contribution in [3.05, 3.63) is 40.2 Å². The molecule has 0 aliphatic heterocycles. The molecule has 2 N–H and O–H groups in total. The Morgan fingerprint density at radius 1 is 1.05 bits per heavy atom. The van der Waals surface area contributed by atoms with Gasteiger partial charge in [-0.2, -0.15) is 0 Å². The molecular formula is C32H42N4O5S. The molecule has 4 rings (SSSR count). The van der Waals surface area contributed by atoms with E-state index >= 15 is 0 Å². The van der Waals surface area contributed by atoms with Gasteiger partial charge in [0.2, 0.25) is 11.8 Å². The van der Waals surface area contributed by atoms with Crippen molar-refractivity contribution in [3.63, 3.8) is 0 Å². The highest BCUT2D eigenvalue weighted by Gasteiger charge is 2.38. The molecule has 0 aromatic carbocycles. The number of ether oxygens (including phenoxy) is 1. The van der Waals surface area contributed by atoms with Gasteiger partial charge in [0.1, 0.15) is 4.88 Å². The monoisotopic (exact) mass is 594 g/mol. The summed E-state index contributed by atoms with van der Waals surface area (Å²) >= 11 is 1.14. The first-order valence-electron chi connectivity index (χ1n) is 14.8. The second kappa shape index (κ2) is 13.7. The molecule has 0 bridgehead atoms. The van der Waals surface area contributed by atoms with Crippen LogP contribution >= 0.6 is 11.3 Å². The summed E-state index contributed by atoms with van der Waals surface area (Å²) in [5.74, 6) is 6.01. The molecule has 0 radical (unpaired) electrons. The van der Waals surface area contributed by atoms with E-state index in [1.54, 1.807) is 47.4 Å². The fourth-order valence-corrected chi connectivity index (χ4v) is 6.53. The van der Waals surface area contributed by atoms with Crippen LogP contribution in [-0.2, 0) is 4.79 Å². The van der Waals surface area contributed by atoms with Crippen LogP contribution in [0.2, 0.25) is 0 Å². The Morgan fingerprint density at radius 3 is 2.31 bits per heavy atom. The number of rotatable bonds is 7. The van der Waals surface area contributed by atoms with Crippen LogP contribution < -0.4 is 15.1 Å². The normalized spacial score (nSPS) is 22.5. The third kappa shape index (κ3) is 8.33. The molecule has 2 aromatic rings. The number of carbonyl (C=O) groups is 3. The molecule has 0 saturated heterocycles. The number of thiophene rings is 1. The molecule has 0 spiro atoms. The van der Waals surface area contributed by atoms with Gasteiger partial charge in [-0.25, -0.2) is 19.6 Å². The number of pyridine rings is 1. The smallest absolute Gasteiger partial charge is 0.428 e. The van der Waals surface area contributed by atoms with Crippen molar-refractivity contribution in [2.75, 3.05) is 11.9 Å². The van der Waals surface area contributed by atoms with Crippen molar-refractivity contribution in [3.8, 4) is 17.7 Å². The number of carbonyl (C=O) groups excluding carboxylic acids is 2. The van der Waals surface area contributed by atoms with Crippen LogP contribution in [0.15, 0.2) is 30.5 Å². The Bertz CT molecular complexity index is 1310. The van der Waals surface area contributed by atoms with Gasteiger partial charge in [0.25, 0.3) is 0 Å². The third-order valence-electron chi connectivity index (χ3n) is 8.01. The maximum Gasteiger partial charge on any atom is 0.428 e. The van der Waals surface area contributed by atoms with Crippen LogP contribution in [0.25, 0.3) is 0 Å². The molecule has 2 aromatic heterocycles. The lowest BCUT2D eigenvalue weighted by atomic mass is 9.81. The van der Waals surface area contributed by atoms with E-state index in [-0.39, 0.29) is 40.1 Å². The molecule has 2 fully saturated rings. The summed E-state index contributed by atoms with van der Waals surface area (Å²) in [5.41, 5.74) is 3.00. The minimum Gasteiger partial charge on any atom is -0.477 e. The first-order chi connectivity index (χ1) is 19.9. The minimum atomic E-state index is -1.04. The topological polar surface area (TPSA) is 112 Å². The zero-order valence-corrected chi connectivity index (χ0v) is 26.0. The van der Waals surface area contributed by atoms with Gasteiger partial charge in [-0.3, -0.25) is 10.2 Å². The standard InChI is InChI=1S/C32H42N4O5S/c1-21-9-11-22(12-10-21)29(37)36(26-20-25(17-18-32(2,3)4)42-28(26)30(38)39)24-15-13-23(14-16-24)35(5)34-31(40)41-27-8-6-7-19-33-27/h6-8,19-24H,9-16H2,1-5H3,(H,34,40)(H,38,39). The molecule has 10 heteroatoms. The number of aromatic carboxylic acids is 1. The number of carboxylic acid groups (broad SMARTS) is 1. The first-order valence-corrected chi connectivity index (χ1v) is 15.6. The second-order valence-electron chi connectivity index (χ2n) is 12.5. The van der Waals surface area contributed by atoms with E-state index in [1.807, 2.05) is 20.8 Å². The Balaban J connectivity index is 1.52. The van der Waals surface area contributed by atoms with E-state index in [0.717, 1.165) is 49.9 Å². The molecule has 2 amide bonds. The Morgan fingerprint density at radius 2 is 1.71 bits per heavy atom. The predicted octanol–water partition coefficient (Wildman–Crippen LogP) is 6.34. The van der Waals surface area contributed by atoms with E-state index in [0.29, 0.717) is 29.3 Å². The highest BCUT2D eigenvalue weighted by Crippen LogP contribution is 2.39.